The lowest BCUT2D eigenvalue weighted by atomic mass is 10.1. The van der Waals surface area contributed by atoms with Gasteiger partial charge in [0.1, 0.15) is 22.9 Å². The number of halogens is 1. The number of rotatable bonds is 12. The lowest BCUT2D eigenvalue weighted by Crippen LogP contribution is -2.04. The highest BCUT2D eigenvalue weighted by Crippen LogP contribution is 2.35. The Morgan fingerprint density at radius 3 is 2.21 bits per heavy atom. The van der Waals surface area contributed by atoms with E-state index < -0.39 is 9.84 Å². The molecule has 3 rings (SSSR count). The number of hydrogen-bond acceptors (Lipinski definition) is 9. The predicted octanol–water partition coefficient (Wildman–Crippen LogP) is 5.27. The molecule has 9 nitrogen and oxygen atoms in total. The number of aromatic nitrogens is 1. The van der Waals surface area contributed by atoms with Crippen LogP contribution in [0.5, 0.6) is 23.1 Å². The molecule has 1 aromatic heterocycles. The summed E-state index contributed by atoms with van der Waals surface area (Å²) in [4.78, 5) is 16.6. The van der Waals surface area contributed by atoms with E-state index in [0.29, 0.717) is 39.6 Å². The number of carbonyl (C=O) groups is 1. The molecule has 0 aliphatic heterocycles. The largest absolute Gasteiger partial charge is 0.496 e. The second-order valence-electron chi connectivity index (χ2n) is 7.80. The minimum absolute atomic E-state index is 0.204. The molecular formula is C27H27BrN2O7S. The van der Waals surface area contributed by atoms with E-state index in [-0.39, 0.29) is 17.4 Å². The summed E-state index contributed by atoms with van der Waals surface area (Å²) in [5.74, 6) is 1.03. The van der Waals surface area contributed by atoms with Gasteiger partial charge in [0.2, 0.25) is 5.88 Å². The van der Waals surface area contributed by atoms with Crippen molar-refractivity contribution in [1.29, 1.82) is 0 Å². The second kappa shape index (κ2) is 13.1. The van der Waals surface area contributed by atoms with Crippen molar-refractivity contribution < 1.29 is 32.2 Å². The first-order chi connectivity index (χ1) is 18.2. The fourth-order valence-corrected chi connectivity index (χ4v) is 4.73. The van der Waals surface area contributed by atoms with Crippen molar-refractivity contribution in [2.24, 2.45) is 0 Å². The Kier molecular flexibility index (Phi) is 9.91. The zero-order chi connectivity index (χ0) is 27.7. The maximum Gasteiger partial charge on any atom is 0.237 e. The Hall–Kier alpha value is -3.83. The smallest absolute Gasteiger partial charge is 0.237 e. The molecule has 0 spiro atoms. The zero-order valence-electron chi connectivity index (χ0n) is 21.2. The van der Waals surface area contributed by atoms with E-state index in [9.17, 15) is 13.2 Å². The van der Waals surface area contributed by atoms with E-state index in [1.165, 1.54) is 53.0 Å². The van der Waals surface area contributed by atoms with Gasteiger partial charge in [0.15, 0.2) is 15.6 Å². The molecule has 0 atom stereocenters. The Bertz CT molecular complexity index is 1430. The Morgan fingerprint density at radius 2 is 1.63 bits per heavy atom. The van der Waals surface area contributed by atoms with E-state index in [0.717, 1.165) is 9.88 Å². The summed E-state index contributed by atoms with van der Waals surface area (Å²) in [6.07, 6.45) is 5.65. The molecule has 1 heterocycles. The monoisotopic (exact) mass is 602 g/mol. The van der Waals surface area contributed by atoms with Gasteiger partial charge in [0.25, 0.3) is 0 Å². The number of methoxy groups -OCH3 is 4. The number of nitrogens with zero attached hydrogens (tertiary/aromatic N) is 1. The summed E-state index contributed by atoms with van der Waals surface area (Å²) in [5, 5.41) is 4.04. The van der Waals surface area contributed by atoms with Gasteiger partial charge in [-0.15, -0.1) is 0 Å². The third-order valence-electron chi connectivity index (χ3n) is 5.27. The summed E-state index contributed by atoms with van der Waals surface area (Å²) in [5.41, 5.74) is 1.80. The lowest BCUT2D eigenvalue weighted by Gasteiger charge is -2.12. The van der Waals surface area contributed by atoms with Gasteiger partial charge < -0.3 is 24.3 Å². The number of benzene rings is 2. The van der Waals surface area contributed by atoms with Crippen molar-refractivity contribution >= 4 is 43.3 Å². The first kappa shape index (κ1) is 28.7. The zero-order valence-corrected chi connectivity index (χ0v) is 23.6. The molecule has 0 unspecified atom stereocenters. The van der Waals surface area contributed by atoms with Crippen LogP contribution in [0.3, 0.4) is 0 Å². The van der Waals surface area contributed by atoms with E-state index >= 15 is 0 Å². The van der Waals surface area contributed by atoms with E-state index in [4.69, 9.17) is 18.9 Å². The number of carbonyl (C=O) groups excluding carboxylic acids is 1. The third-order valence-corrected chi connectivity index (χ3v) is 7.08. The van der Waals surface area contributed by atoms with Crippen LogP contribution in [0.1, 0.15) is 21.5 Å². The summed E-state index contributed by atoms with van der Waals surface area (Å²) in [6, 6.07) is 11.8. The standard InChI is InChI=1S/C27H27BrN2O7S/c1-34-21-14-25(35-2)22(26(15-21)36-3)10-12-38(32,33)17-18-13-23(27(37-4)30-16-18)29-11-9-24(31)19-5-7-20(28)8-6-19/h5-16,29H,17H2,1-4H3/b11-9-,12-10+. The number of anilines is 1. The molecular weight excluding hydrogens is 576 g/mol. The minimum atomic E-state index is -3.72. The van der Waals surface area contributed by atoms with Gasteiger partial charge in [0, 0.05) is 46.0 Å². The molecule has 38 heavy (non-hydrogen) atoms. The van der Waals surface area contributed by atoms with Gasteiger partial charge >= 0.3 is 0 Å². The van der Waals surface area contributed by atoms with Crippen molar-refractivity contribution in [1.82, 2.24) is 4.98 Å². The average Bonchev–Trinajstić information content (AvgIpc) is 2.91. The second-order valence-corrected chi connectivity index (χ2v) is 10.6. The number of hydrogen-bond donors (Lipinski definition) is 1. The number of sulfone groups is 1. The number of ketones is 1. The molecule has 1 N–H and O–H groups in total. The van der Waals surface area contributed by atoms with Crippen LogP contribution in [0.25, 0.3) is 6.08 Å². The highest BCUT2D eigenvalue weighted by molar-refractivity contribution is 9.10. The van der Waals surface area contributed by atoms with Gasteiger partial charge in [-0.25, -0.2) is 13.4 Å². The maximum atomic E-state index is 12.9. The molecule has 0 saturated heterocycles. The molecule has 2 aromatic carbocycles. The Morgan fingerprint density at radius 1 is 0.974 bits per heavy atom. The molecule has 0 radical (unpaired) electrons. The van der Waals surface area contributed by atoms with Crippen LogP contribution in [0, 0.1) is 0 Å². The Labute approximate surface area is 230 Å². The van der Waals surface area contributed by atoms with Crippen molar-refractivity contribution in [3.8, 4) is 23.1 Å². The van der Waals surface area contributed by atoms with Crippen molar-refractivity contribution in [3.05, 3.63) is 87.5 Å². The molecule has 0 aliphatic carbocycles. The number of ether oxygens (including phenoxy) is 4. The van der Waals surface area contributed by atoms with Crippen LogP contribution in [-0.4, -0.2) is 47.6 Å². The van der Waals surface area contributed by atoms with Crippen molar-refractivity contribution in [3.63, 3.8) is 0 Å². The molecule has 0 fully saturated rings. The highest BCUT2D eigenvalue weighted by atomic mass is 79.9. The summed E-state index contributed by atoms with van der Waals surface area (Å²) in [6.45, 7) is 0. The van der Waals surface area contributed by atoms with Crippen molar-refractivity contribution in [2.75, 3.05) is 33.8 Å². The molecule has 3 aromatic rings. The highest BCUT2D eigenvalue weighted by Gasteiger charge is 2.15. The molecule has 11 heteroatoms. The quantitative estimate of drug-likeness (QED) is 0.219. The summed E-state index contributed by atoms with van der Waals surface area (Å²) < 4.78 is 47.9. The van der Waals surface area contributed by atoms with Crippen LogP contribution in [0.4, 0.5) is 5.69 Å². The van der Waals surface area contributed by atoms with Crippen molar-refractivity contribution in [2.45, 2.75) is 5.75 Å². The number of nitrogens with one attached hydrogen (secondary N) is 1. The SMILES string of the molecule is COc1cc(OC)c(/C=C/S(=O)(=O)Cc2cnc(OC)c(N/C=C\C(=O)c3ccc(Br)cc3)c2)c(OC)c1. The first-order valence-electron chi connectivity index (χ1n) is 11.2. The van der Waals surface area contributed by atoms with E-state index in [1.54, 1.807) is 42.5 Å². The molecule has 0 saturated carbocycles. The summed E-state index contributed by atoms with van der Waals surface area (Å²) in [7, 11) is 2.18. The molecule has 200 valence electrons. The third kappa shape index (κ3) is 7.59. The normalized spacial score (nSPS) is 11.5. The van der Waals surface area contributed by atoms with Crippen LogP contribution in [-0.2, 0) is 15.6 Å². The minimum Gasteiger partial charge on any atom is -0.496 e. The van der Waals surface area contributed by atoms with Crippen LogP contribution in [0.15, 0.2) is 70.8 Å². The van der Waals surface area contributed by atoms with Gasteiger partial charge in [-0.2, -0.15) is 0 Å². The summed E-state index contributed by atoms with van der Waals surface area (Å²) >= 11 is 3.34. The van der Waals surface area contributed by atoms with E-state index in [1.807, 2.05) is 0 Å². The number of pyridine rings is 1. The maximum absolute atomic E-state index is 12.9. The molecule has 0 aliphatic rings. The van der Waals surface area contributed by atoms with Gasteiger partial charge in [-0.1, -0.05) is 15.9 Å². The topological polar surface area (TPSA) is 113 Å². The fraction of sp³-hybridized carbons (Fsp3) is 0.185. The predicted molar refractivity (Wildman–Crippen MR) is 150 cm³/mol. The van der Waals surface area contributed by atoms with Gasteiger partial charge in [0.05, 0.1) is 39.8 Å². The van der Waals surface area contributed by atoms with Gasteiger partial charge in [-0.05, 0) is 42.0 Å². The van der Waals surface area contributed by atoms with E-state index in [2.05, 4.69) is 26.2 Å². The fourth-order valence-electron chi connectivity index (χ4n) is 3.41. The van der Waals surface area contributed by atoms with Crippen LogP contribution in [0.2, 0.25) is 0 Å². The molecule has 0 amide bonds. The Balaban J connectivity index is 1.78. The van der Waals surface area contributed by atoms with Crippen LogP contribution < -0.4 is 24.3 Å². The average molecular weight is 603 g/mol. The number of allylic oxidation sites excluding steroid dienone is 1. The lowest BCUT2D eigenvalue weighted by molar-refractivity contribution is 0.104. The molecule has 0 bridgehead atoms. The van der Waals surface area contributed by atoms with Gasteiger partial charge in [-0.3, -0.25) is 4.79 Å². The first-order valence-corrected chi connectivity index (χ1v) is 13.7. The van der Waals surface area contributed by atoms with Crippen LogP contribution >= 0.6 is 15.9 Å².